The van der Waals surface area contributed by atoms with Crippen molar-refractivity contribution < 1.29 is 14.6 Å². The van der Waals surface area contributed by atoms with Gasteiger partial charge in [-0.2, -0.15) is 0 Å². The molecule has 1 fully saturated rings. The number of ether oxygens (including phenoxy) is 2. The molecule has 3 heteroatoms. The molecule has 3 nitrogen and oxygen atoms in total. The van der Waals surface area contributed by atoms with Crippen LogP contribution in [0.2, 0.25) is 0 Å². The lowest BCUT2D eigenvalue weighted by molar-refractivity contribution is 0.0628. The van der Waals surface area contributed by atoms with Gasteiger partial charge in [0.1, 0.15) is 11.5 Å². The molecular weight excluding hydrogens is 228 g/mol. The number of benzene rings is 1. The molecule has 0 unspecified atom stereocenters. The van der Waals surface area contributed by atoms with Gasteiger partial charge >= 0.3 is 0 Å². The molecule has 0 spiro atoms. The van der Waals surface area contributed by atoms with Crippen molar-refractivity contribution in [1.82, 2.24) is 0 Å². The normalized spacial score (nSPS) is 16.7. The van der Waals surface area contributed by atoms with Crippen LogP contribution in [0.15, 0.2) is 24.3 Å². The maximum absolute atomic E-state index is 9.29. The van der Waals surface area contributed by atoms with Crippen LogP contribution in [0.5, 0.6) is 11.5 Å². The van der Waals surface area contributed by atoms with Gasteiger partial charge in [0.2, 0.25) is 0 Å². The molecule has 0 bridgehead atoms. The third-order valence-corrected chi connectivity index (χ3v) is 3.43. The molecule has 0 radical (unpaired) electrons. The fourth-order valence-corrected chi connectivity index (χ4v) is 2.33. The fourth-order valence-electron chi connectivity index (χ4n) is 2.33. The SMILES string of the molecule is Oc1cccc(OCCCCC2CCOCC2)c1. The Balaban J connectivity index is 1.55. The standard InChI is InChI=1S/C15H22O3/c16-14-5-3-6-15(12-14)18-9-2-1-4-13-7-10-17-11-8-13/h3,5-6,12-13,16H,1-2,4,7-11H2. The summed E-state index contributed by atoms with van der Waals surface area (Å²) in [5, 5.41) is 9.29. The summed E-state index contributed by atoms with van der Waals surface area (Å²) in [6.07, 6.45) is 6.00. The second kappa shape index (κ2) is 7.27. The minimum atomic E-state index is 0.259. The summed E-state index contributed by atoms with van der Waals surface area (Å²) in [6.45, 7) is 2.60. The van der Waals surface area contributed by atoms with Crippen LogP contribution in [0.3, 0.4) is 0 Å². The molecule has 0 aromatic heterocycles. The van der Waals surface area contributed by atoms with Gasteiger partial charge < -0.3 is 14.6 Å². The molecule has 1 N–H and O–H groups in total. The highest BCUT2D eigenvalue weighted by Crippen LogP contribution is 2.21. The topological polar surface area (TPSA) is 38.7 Å². The van der Waals surface area contributed by atoms with Crippen LogP contribution in [-0.2, 0) is 4.74 Å². The average Bonchev–Trinajstić information content (AvgIpc) is 2.40. The van der Waals surface area contributed by atoms with Crippen molar-refractivity contribution in [3.05, 3.63) is 24.3 Å². The Morgan fingerprint density at radius 1 is 1.22 bits per heavy atom. The van der Waals surface area contributed by atoms with E-state index in [-0.39, 0.29) is 5.75 Å². The Kier molecular flexibility index (Phi) is 5.34. The Morgan fingerprint density at radius 2 is 2.06 bits per heavy atom. The monoisotopic (exact) mass is 250 g/mol. The molecular formula is C15H22O3. The van der Waals surface area contributed by atoms with Gasteiger partial charge in [-0.25, -0.2) is 0 Å². The first-order valence-electron chi connectivity index (χ1n) is 6.84. The van der Waals surface area contributed by atoms with Crippen molar-refractivity contribution in [2.24, 2.45) is 5.92 Å². The summed E-state index contributed by atoms with van der Waals surface area (Å²) in [7, 11) is 0. The summed E-state index contributed by atoms with van der Waals surface area (Å²) < 4.78 is 10.9. The minimum Gasteiger partial charge on any atom is -0.508 e. The minimum absolute atomic E-state index is 0.259. The lowest BCUT2D eigenvalue weighted by atomic mass is 9.94. The quantitative estimate of drug-likeness (QED) is 0.787. The molecule has 0 saturated carbocycles. The second-order valence-corrected chi connectivity index (χ2v) is 4.90. The molecule has 1 aliphatic rings. The first-order chi connectivity index (χ1) is 8.84. The van der Waals surface area contributed by atoms with E-state index in [0.29, 0.717) is 0 Å². The molecule has 1 aliphatic heterocycles. The van der Waals surface area contributed by atoms with Crippen LogP contribution in [0.25, 0.3) is 0 Å². The Hall–Kier alpha value is -1.22. The summed E-state index contributed by atoms with van der Waals surface area (Å²) in [6, 6.07) is 6.97. The number of unbranched alkanes of at least 4 members (excludes halogenated alkanes) is 1. The zero-order chi connectivity index (χ0) is 12.6. The Labute approximate surface area is 109 Å². The van der Waals surface area contributed by atoms with Gasteiger partial charge in [-0.05, 0) is 43.7 Å². The third-order valence-electron chi connectivity index (χ3n) is 3.43. The van der Waals surface area contributed by atoms with Crippen molar-refractivity contribution in [2.45, 2.75) is 32.1 Å². The van der Waals surface area contributed by atoms with E-state index in [1.807, 2.05) is 6.07 Å². The van der Waals surface area contributed by atoms with Crippen LogP contribution in [0.1, 0.15) is 32.1 Å². The molecule has 1 saturated heterocycles. The first kappa shape index (κ1) is 13.2. The van der Waals surface area contributed by atoms with Gasteiger partial charge in [0.25, 0.3) is 0 Å². The summed E-state index contributed by atoms with van der Waals surface area (Å²) in [4.78, 5) is 0. The molecule has 100 valence electrons. The lowest BCUT2D eigenvalue weighted by Gasteiger charge is -2.21. The van der Waals surface area contributed by atoms with Crippen molar-refractivity contribution in [3.63, 3.8) is 0 Å². The van der Waals surface area contributed by atoms with E-state index in [0.717, 1.165) is 37.9 Å². The van der Waals surface area contributed by atoms with E-state index in [1.165, 1.54) is 25.7 Å². The van der Waals surface area contributed by atoms with Crippen molar-refractivity contribution in [2.75, 3.05) is 19.8 Å². The number of phenolic OH excluding ortho intramolecular Hbond substituents is 1. The maximum Gasteiger partial charge on any atom is 0.122 e. The smallest absolute Gasteiger partial charge is 0.122 e. The first-order valence-corrected chi connectivity index (χ1v) is 6.84. The van der Waals surface area contributed by atoms with E-state index < -0.39 is 0 Å². The number of hydrogen-bond donors (Lipinski definition) is 1. The van der Waals surface area contributed by atoms with E-state index in [1.54, 1.807) is 18.2 Å². The Bertz CT molecular complexity index is 345. The van der Waals surface area contributed by atoms with Gasteiger partial charge in [-0.1, -0.05) is 12.5 Å². The van der Waals surface area contributed by atoms with Gasteiger partial charge in [-0.15, -0.1) is 0 Å². The van der Waals surface area contributed by atoms with Crippen LogP contribution in [-0.4, -0.2) is 24.9 Å². The molecule has 2 rings (SSSR count). The predicted molar refractivity (Wildman–Crippen MR) is 71.0 cm³/mol. The molecule has 0 amide bonds. The van der Waals surface area contributed by atoms with Gasteiger partial charge in [0.05, 0.1) is 6.61 Å². The van der Waals surface area contributed by atoms with Crippen molar-refractivity contribution in [3.8, 4) is 11.5 Å². The van der Waals surface area contributed by atoms with Gasteiger partial charge in [-0.3, -0.25) is 0 Å². The molecule has 18 heavy (non-hydrogen) atoms. The molecule has 1 aromatic carbocycles. The molecule has 1 heterocycles. The van der Waals surface area contributed by atoms with Gasteiger partial charge in [0, 0.05) is 19.3 Å². The summed E-state index contributed by atoms with van der Waals surface area (Å²) in [5.41, 5.74) is 0. The van der Waals surface area contributed by atoms with Crippen LogP contribution >= 0.6 is 0 Å². The zero-order valence-corrected chi connectivity index (χ0v) is 10.8. The summed E-state index contributed by atoms with van der Waals surface area (Å²) in [5.74, 6) is 1.86. The highest BCUT2D eigenvalue weighted by molar-refractivity contribution is 5.31. The number of phenols is 1. The third kappa shape index (κ3) is 4.57. The largest absolute Gasteiger partial charge is 0.508 e. The van der Waals surface area contributed by atoms with Crippen LogP contribution in [0, 0.1) is 5.92 Å². The number of rotatable bonds is 6. The van der Waals surface area contributed by atoms with E-state index in [2.05, 4.69) is 0 Å². The summed E-state index contributed by atoms with van der Waals surface area (Å²) >= 11 is 0. The van der Waals surface area contributed by atoms with Crippen LogP contribution in [0.4, 0.5) is 0 Å². The average molecular weight is 250 g/mol. The Morgan fingerprint density at radius 3 is 2.83 bits per heavy atom. The van der Waals surface area contributed by atoms with Crippen LogP contribution < -0.4 is 4.74 Å². The van der Waals surface area contributed by atoms with Crippen molar-refractivity contribution >= 4 is 0 Å². The van der Waals surface area contributed by atoms with Crippen molar-refractivity contribution in [1.29, 1.82) is 0 Å². The van der Waals surface area contributed by atoms with Gasteiger partial charge in [0.15, 0.2) is 0 Å². The maximum atomic E-state index is 9.29. The zero-order valence-electron chi connectivity index (χ0n) is 10.8. The lowest BCUT2D eigenvalue weighted by Crippen LogP contribution is -2.15. The molecule has 0 aliphatic carbocycles. The van der Waals surface area contributed by atoms with E-state index in [4.69, 9.17) is 9.47 Å². The predicted octanol–water partition coefficient (Wildman–Crippen LogP) is 3.37. The fraction of sp³-hybridized carbons (Fsp3) is 0.600. The number of aromatic hydroxyl groups is 1. The number of hydrogen-bond acceptors (Lipinski definition) is 3. The second-order valence-electron chi connectivity index (χ2n) is 4.90. The highest BCUT2D eigenvalue weighted by atomic mass is 16.5. The highest BCUT2D eigenvalue weighted by Gasteiger charge is 2.12. The molecule has 0 atom stereocenters. The molecule has 1 aromatic rings. The van der Waals surface area contributed by atoms with E-state index >= 15 is 0 Å². The van der Waals surface area contributed by atoms with E-state index in [9.17, 15) is 5.11 Å².